The molecule has 0 aromatic heterocycles. The fraction of sp³-hybridized carbons (Fsp3) is 0.600. The van der Waals surface area contributed by atoms with Crippen LogP contribution in [-0.2, 0) is 0 Å². The number of hydrogen-bond donors (Lipinski definition) is 0. The van der Waals surface area contributed by atoms with Crippen LogP contribution in [0, 0.1) is 12.8 Å². The molecule has 0 heterocycles. The Kier molecular flexibility index (Phi) is 0.922. The van der Waals surface area contributed by atoms with Crippen molar-refractivity contribution in [3.8, 4) is 0 Å². The van der Waals surface area contributed by atoms with E-state index in [0.29, 0.717) is 0 Å². The maximum absolute atomic E-state index is 3.17. The molecule has 0 aromatic rings. The van der Waals surface area contributed by atoms with Gasteiger partial charge >= 0.3 is 0 Å². The van der Waals surface area contributed by atoms with Crippen LogP contribution in [0.2, 0.25) is 0 Å². The Morgan fingerprint density at radius 1 is 1.60 bits per heavy atom. The minimum absolute atomic E-state index is 1.12. The van der Waals surface area contributed by atoms with Crippen molar-refractivity contribution in [2.75, 3.05) is 0 Å². The second kappa shape index (κ2) is 1.44. The molecule has 0 bridgehead atoms. The third kappa shape index (κ3) is 0.640. The average Bonchev–Trinajstić information content (AvgIpc) is 1.76. The van der Waals surface area contributed by atoms with Crippen molar-refractivity contribution in [2.24, 2.45) is 0 Å². The van der Waals surface area contributed by atoms with Crippen molar-refractivity contribution in [2.45, 2.75) is 19.3 Å². The zero-order valence-corrected chi connectivity index (χ0v) is 3.20. The lowest BCUT2D eigenvalue weighted by molar-refractivity contribution is 1.05. The average molecular weight is 67.1 g/mol. The molecule has 1 aliphatic rings. The normalized spacial score (nSPS) is 24.0. The molecule has 1 fully saturated rings. The lowest BCUT2D eigenvalue weighted by atomic mass is 10.4. The Morgan fingerprint density at radius 3 is 2.80 bits per heavy atom. The first-order valence-corrected chi connectivity index (χ1v) is 2.02. The largest absolute Gasteiger partial charge is 0.0496 e. The van der Waals surface area contributed by atoms with Gasteiger partial charge in [0.25, 0.3) is 0 Å². The Labute approximate surface area is 33.2 Å². The molecule has 0 spiro atoms. The van der Waals surface area contributed by atoms with Gasteiger partial charge in [-0.15, -0.1) is 0 Å². The second-order valence-electron chi connectivity index (χ2n) is 1.28. The van der Waals surface area contributed by atoms with Gasteiger partial charge in [0, 0.05) is 0 Å². The van der Waals surface area contributed by atoms with E-state index in [-0.39, 0.29) is 0 Å². The summed E-state index contributed by atoms with van der Waals surface area (Å²) < 4.78 is 0. The van der Waals surface area contributed by atoms with Gasteiger partial charge in [0.1, 0.15) is 0 Å². The highest BCUT2D eigenvalue weighted by Crippen LogP contribution is 2.12. The highest BCUT2D eigenvalue weighted by Gasteiger charge is 1.96. The summed E-state index contributed by atoms with van der Waals surface area (Å²) in [7, 11) is 0. The standard InChI is InChI=1S/C5H7/c1-2-4-5-3-1/h1H,2-4H2. The lowest BCUT2D eigenvalue weighted by Gasteiger charge is -1.66. The zero-order chi connectivity index (χ0) is 3.54. The molecule has 27 valence electrons. The third-order valence-corrected chi connectivity index (χ3v) is 0.814. The molecule has 0 atom stereocenters. The van der Waals surface area contributed by atoms with E-state index in [2.05, 4.69) is 12.8 Å². The van der Waals surface area contributed by atoms with Gasteiger partial charge in [-0.25, -0.2) is 0 Å². The lowest BCUT2D eigenvalue weighted by Crippen LogP contribution is -1.51. The van der Waals surface area contributed by atoms with E-state index in [0.717, 1.165) is 6.42 Å². The van der Waals surface area contributed by atoms with Gasteiger partial charge in [0.2, 0.25) is 0 Å². The Bertz CT molecular complexity index is 11.6. The molecule has 1 aliphatic carbocycles. The molecular formula is C5H7. The van der Waals surface area contributed by atoms with Gasteiger partial charge < -0.3 is 0 Å². The van der Waals surface area contributed by atoms with Crippen LogP contribution >= 0.6 is 0 Å². The summed E-state index contributed by atoms with van der Waals surface area (Å²) in [5.41, 5.74) is 0. The molecule has 3 radical (unpaired) electrons. The van der Waals surface area contributed by atoms with Crippen molar-refractivity contribution in [3.05, 3.63) is 12.8 Å². The van der Waals surface area contributed by atoms with Crippen LogP contribution in [0.3, 0.4) is 0 Å². The molecule has 0 unspecified atom stereocenters. The minimum Gasteiger partial charge on any atom is -0.0496 e. The summed E-state index contributed by atoms with van der Waals surface area (Å²) in [5.74, 6) is 0. The predicted molar refractivity (Wildman–Crippen MR) is 21.4 cm³/mol. The molecule has 1 saturated carbocycles. The van der Waals surface area contributed by atoms with Crippen LogP contribution in [0.5, 0.6) is 0 Å². The molecular weight excluding hydrogens is 60.1 g/mol. The first-order valence-electron chi connectivity index (χ1n) is 2.02. The van der Waals surface area contributed by atoms with Gasteiger partial charge in [0.05, 0.1) is 0 Å². The van der Waals surface area contributed by atoms with E-state index in [1.165, 1.54) is 12.8 Å². The van der Waals surface area contributed by atoms with Gasteiger partial charge in [-0.1, -0.05) is 0 Å². The summed E-state index contributed by atoms with van der Waals surface area (Å²) in [5, 5.41) is 0. The number of hydrogen-bond acceptors (Lipinski definition) is 0. The molecule has 1 rings (SSSR count). The van der Waals surface area contributed by atoms with E-state index in [1.54, 1.807) is 0 Å². The fourth-order valence-corrected chi connectivity index (χ4v) is 0.510. The summed E-state index contributed by atoms with van der Waals surface area (Å²) in [6.45, 7) is 0. The zero-order valence-electron chi connectivity index (χ0n) is 3.20. The summed E-state index contributed by atoms with van der Waals surface area (Å²) >= 11 is 0. The molecule has 0 nitrogen and oxygen atoms in total. The summed E-state index contributed by atoms with van der Waals surface area (Å²) in [4.78, 5) is 0. The van der Waals surface area contributed by atoms with Crippen molar-refractivity contribution in [1.29, 1.82) is 0 Å². The topological polar surface area (TPSA) is 0 Å². The molecule has 0 saturated heterocycles. The van der Waals surface area contributed by atoms with Gasteiger partial charge in [-0.3, -0.25) is 0 Å². The van der Waals surface area contributed by atoms with Gasteiger partial charge in [0.15, 0.2) is 0 Å². The maximum atomic E-state index is 3.17. The van der Waals surface area contributed by atoms with Crippen LogP contribution in [0.25, 0.3) is 0 Å². The van der Waals surface area contributed by atoms with E-state index in [4.69, 9.17) is 0 Å². The Balaban J connectivity index is 2.08. The van der Waals surface area contributed by atoms with E-state index in [1.807, 2.05) is 0 Å². The van der Waals surface area contributed by atoms with Gasteiger partial charge in [-0.2, -0.15) is 0 Å². The molecule has 0 amide bonds. The highest BCUT2D eigenvalue weighted by atomic mass is 14.0. The predicted octanol–water partition coefficient (Wildman–Crippen LogP) is 1.46. The van der Waals surface area contributed by atoms with E-state index >= 15 is 0 Å². The molecule has 0 heteroatoms. The Morgan fingerprint density at radius 2 is 2.60 bits per heavy atom. The van der Waals surface area contributed by atoms with E-state index in [9.17, 15) is 0 Å². The third-order valence-electron chi connectivity index (χ3n) is 0.814. The number of rotatable bonds is 0. The minimum atomic E-state index is 1.12. The van der Waals surface area contributed by atoms with Crippen LogP contribution in [0.1, 0.15) is 19.3 Å². The van der Waals surface area contributed by atoms with Crippen molar-refractivity contribution in [3.63, 3.8) is 0 Å². The van der Waals surface area contributed by atoms with Crippen molar-refractivity contribution < 1.29 is 0 Å². The highest BCUT2D eigenvalue weighted by molar-refractivity contribution is 4.85. The summed E-state index contributed by atoms with van der Waals surface area (Å²) in [6, 6.07) is 0. The van der Waals surface area contributed by atoms with Crippen LogP contribution in [0.15, 0.2) is 0 Å². The molecule has 0 aromatic carbocycles. The van der Waals surface area contributed by atoms with Crippen molar-refractivity contribution >= 4 is 0 Å². The first-order chi connectivity index (χ1) is 2.50. The molecule has 5 heavy (non-hydrogen) atoms. The molecule has 0 aliphatic heterocycles. The smallest absolute Gasteiger partial charge is 0.0170 e. The maximum Gasteiger partial charge on any atom is -0.0170 e. The van der Waals surface area contributed by atoms with Crippen LogP contribution in [0.4, 0.5) is 0 Å². The monoisotopic (exact) mass is 67.1 g/mol. The van der Waals surface area contributed by atoms with Crippen molar-refractivity contribution in [1.82, 2.24) is 0 Å². The SMILES string of the molecule is [C]1C[CH]CC1. The first kappa shape index (κ1) is 3.20. The molecule has 0 N–H and O–H groups in total. The fourth-order valence-electron chi connectivity index (χ4n) is 0.510. The second-order valence-corrected chi connectivity index (χ2v) is 1.28. The van der Waals surface area contributed by atoms with Crippen LogP contribution in [-0.4, -0.2) is 0 Å². The van der Waals surface area contributed by atoms with Gasteiger partial charge in [-0.05, 0) is 32.1 Å². The summed E-state index contributed by atoms with van der Waals surface area (Å²) in [6.07, 6.45) is 9.00. The Hall–Kier alpha value is 0. The van der Waals surface area contributed by atoms with E-state index < -0.39 is 0 Å². The quantitative estimate of drug-likeness (QED) is 0.402. The van der Waals surface area contributed by atoms with Crippen LogP contribution < -0.4 is 0 Å².